The maximum atomic E-state index is 12.6. The molecule has 128 valence electrons. The molecule has 1 aliphatic rings. The van der Waals surface area contributed by atoms with Crippen LogP contribution in [0.5, 0.6) is 5.75 Å². The van der Waals surface area contributed by atoms with Gasteiger partial charge in [-0.25, -0.2) is 0 Å². The minimum Gasteiger partial charge on any atom is -0.427 e. The number of rotatable bonds is 4. The summed E-state index contributed by atoms with van der Waals surface area (Å²) in [6, 6.07) is 6.74. The fraction of sp³-hybridized carbons (Fsp3) is 0.389. The summed E-state index contributed by atoms with van der Waals surface area (Å²) in [7, 11) is 0. The van der Waals surface area contributed by atoms with E-state index >= 15 is 0 Å². The molecule has 1 N–H and O–H groups in total. The first-order valence-electron chi connectivity index (χ1n) is 8.03. The Balaban J connectivity index is 2.19. The number of nitrogens with zero attached hydrogens (tertiary/aromatic N) is 1. The summed E-state index contributed by atoms with van der Waals surface area (Å²) in [6.45, 7) is 4.13. The predicted octanol–water partition coefficient (Wildman–Crippen LogP) is 2.10. The molecule has 0 radical (unpaired) electrons. The molecule has 1 aromatic rings. The van der Waals surface area contributed by atoms with Crippen molar-refractivity contribution in [1.82, 2.24) is 10.2 Å². The lowest BCUT2D eigenvalue weighted by Crippen LogP contribution is -2.40. The van der Waals surface area contributed by atoms with E-state index in [9.17, 15) is 14.4 Å². The summed E-state index contributed by atoms with van der Waals surface area (Å²) in [5, 5.41) is 2.62. The molecule has 1 fully saturated rings. The van der Waals surface area contributed by atoms with Crippen molar-refractivity contribution in [2.24, 2.45) is 0 Å². The SMILES string of the molecule is CC(=O)NC(=Cc1ccc(OC(C)=O)cc1)C(=O)N1CCCCC1. The van der Waals surface area contributed by atoms with Crippen LogP contribution in [-0.2, 0) is 14.4 Å². The minimum atomic E-state index is -0.391. The van der Waals surface area contributed by atoms with Gasteiger partial charge in [-0.3, -0.25) is 14.4 Å². The molecule has 2 amide bonds. The summed E-state index contributed by atoms with van der Waals surface area (Å²) in [5.74, 6) is -0.419. The van der Waals surface area contributed by atoms with Crippen LogP contribution in [0.25, 0.3) is 6.08 Å². The molecule has 0 aliphatic carbocycles. The lowest BCUT2D eigenvalue weighted by atomic mass is 10.1. The second-order valence-corrected chi connectivity index (χ2v) is 5.75. The summed E-state index contributed by atoms with van der Waals surface area (Å²) in [5.41, 5.74) is 0.990. The van der Waals surface area contributed by atoms with Gasteiger partial charge in [0, 0.05) is 26.9 Å². The third kappa shape index (κ3) is 5.22. The van der Waals surface area contributed by atoms with E-state index in [2.05, 4.69) is 5.32 Å². The first-order valence-corrected chi connectivity index (χ1v) is 8.03. The third-order valence-corrected chi connectivity index (χ3v) is 3.64. The molecule has 0 saturated carbocycles. The lowest BCUT2D eigenvalue weighted by molar-refractivity contribution is -0.132. The second kappa shape index (κ2) is 8.29. The maximum absolute atomic E-state index is 12.6. The highest BCUT2D eigenvalue weighted by Crippen LogP contribution is 2.16. The van der Waals surface area contributed by atoms with Gasteiger partial charge < -0.3 is 15.0 Å². The zero-order valence-corrected chi connectivity index (χ0v) is 14.0. The molecular formula is C18H22N2O4. The molecule has 1 heterocycles. The van der Waals surface area contributed by atoms with Gasteiger partial charge in [0.15, 0.2) is 0 Å². The van der Waals surface area contributed by atoms with Gasteiger partial charge in [0.2, 0.25) is 5.91 Å². The Bertz CT molecular complexity index is 643. The molecule has 1 aliphatic heterocycles. The van der Waals surface area contributed by atoms with Crippen LogP contribution in [0.3, 0.4) is 0 Å². The number of piperidine rings is 1. The Labute approximate surface area is 141 Å². The number of nitrogens with one attached hydrogen (secondary N) is 1. The molecule has 2 rings (SSSR count). The van der Waals surface area contributed by atoms with Crippen molar-refractivity contribution in [2.45, 2.75) is 33.1 Å². The molecule has 0 unspecified atom stereocenters. The van der Waals surface area contributed by atoms with Gasteiger partial charge in [-0.1, -0.05) is 12.1 Å². The average molecular weight is 330 g/mol. The first kappa shape index (κ1) is 17.7. The molecule has 0 aromatic heterocycles. The summed E-state index contributed by atoms with van der Waals surface area (Å²) >= 11 is 0. The minimum absolute atomic E-state index is 0.172. The van der Waals surface area contributed by atoms with Crippen molar-refractivity contribution < 1.29 is 19.1 Å². The number of esters is 1. The number of hydrogen-bond donors (Lipinski definition) is 1. The zero-order chi connectivity index (χ0) is 17.5. The highest BCUT2D eigenvalue weighted by molar-refractivity contribution is 6.01. The van der Waals surface area contributed by atoms with Crippen molar-refractivity contribution >= 4 is 23.9 Å². The molecule has 24 heavy (non-hydrogen) atoms. The molecular weight excluding hydrogens is 308 g/mol. The summed E-state index contributed by atoms with van der Waals surface area (Å²) < 4.78 is 4.98. The van der Waals surface area contributed by atoms with Crippen molar-refractivity contribution in [3.63, 3.8) is 0 Å². The topological polar surface area (TPSA) is 75.7 Å². The van der Waals surface area contributed by atoms with Crippen LogP contribution in [0.1, 0.15) is 38.7 Å². The van der Waals surface area contributed by atoms with E-state index in [0.29, 0.717) is 18.8 Å². The average Bonchev–Trinajstić information content (AvgIpc) is 2.55. The number of amides is 2. The molecule has 6 nitrogen and oxygen atoms in total. The number of carbonyl (C=O) groups is 3. The van der Waals surface area contributed by atoms with Gasteiger partial charge in [-0.15, -0.1) is 0 Å². The van der Waals surface area contributed by atoms with Crippen LogP contribution in [-0.4, -0.2) is 35.8 Å². The van der Waals surface area contributed by atoms with E-state index in [1.54, 1.807) is 35.2 Å². The van der Waals surface area contributed by atoms with Gasteiger partial charge in [0.1, 0.15) is 11.4 Å². The fourth-order valence-electron chi connectivity index (χ4n) is 2.57. The van der Waals surface area contributed by atoms with Crippen LogP contribution >= 0.6 is 0 Å². The van der Waals surface area contributed by atoms with Crippen LogP contribution in [0, 0.1) is 0 Å². The first-order chi connectivity index (χ1) is 11.5. The molecule has 1 saturated heterocycles. The van der Waals surface area contributed by atoms with E-state index in [1.165, 1.54) is 13.8 Å². The number of ether oxygens (including phenoxy) is 1. The number of benzene rings is 1. The fourth-order valence-corrected chi connectivity index (χ4v) is 2.57. The van der Waals surface area contributed by atoms with E-state index in [-0.39, 0.29) is 17.5 Å². The molecule has 0 spiro atoms. The summed E-state index contributed by atoms with van der Waals surface area (Å²) in [6.07, 6.45) is 4.73. The van der Waals surface area contributed by atoms with Crippen molar-refractivity contribution in [2.75, 3.05) is 13.1 Å². The van der Waals surface area contributed by atoms with Crippen LogP contribution in [0.4, 0.5) is 0 Å². The smallest absolute Gasteiger partial charge is 0.308 e. The maximum Gasteiger partial charge on any atom is 0.308 e. The van der Waals surface area contributed by atoms with Crippen molar-refractivity contribution in [1.29, 1.82) is 0 Å². The van der Waals surface area contributed by atoms with Crippen molar-refractivity contribution in [3.8, 4) is 5.75 Å². The summed E-state index contributed by atoms with van der Waals surface area (Å²) in [4.78, 5) is 36.7. The molecule has 6 heteroatoms. The Morgan fingerprint density at radius 3 is 2.21 bits per heavy atom. The van der Waals surface area contributed by atoms with Gasteiger partial charge in [-0.05, 0) is 43.0 Å². The van der Waals surface area contributed by atoms with Gasteiger partial charge >= 0.3 is 5.97 Å². The molecule has 0 atom stereocenters. The number of hydrogen-bond acceptors (Lipinski definition) is 4. The Morgan fingerprint density at radius 2 is 1.67 bits per heavy atom. The van der Waals surface area contributed by atoms with Crippen LogP contribution < -0.4 is 10.1 Å². The van der Waals surface area contributed by atoms with E-state index in [0.717, 1.165) is 24.8 Å². The van der Waals surface area contributed by atoms with E-state index in [1.807, 2.05) is 0 Å². The number of likely N-dealkylation sites (tertiary alicyclic amines) is 1. The van der Waals surface area contributed by atoms with Crippen LogP contribution in [0.2, 0.25) is 0 Å². The predicted molar refractivity (Wildman–Crippen MR) is 90.0 cm³/mol. The highest BCUT2D eigenvalue weighted by Gasteiger charge is 2.21. The largest absolute Gasteiger partial charge is 0.427 e. The molecule has 1 aromatic carbocycles. The molecule has 0 bridgehead atoms. The zero-order valence-electron chi connectivity index (χ0n) is 14.0. The van der Waals surface area contributed by atoms with Gasteiger partial charge in [-0.2, -0.15) is 0 Å². The van der Waals surface area contributed by atoms with E-state index in [4.69, 9.17) is 4.74 Å². The van der Waals surface area contributed by atoms with Gasteiger partial charge in [0.05, 0.1) is 0 Å². The lowest BCUT2D eigenvalue weighted by Gasteiger charge is -2.27. The van der Waals surface area contributed by atoms with Gasteiger partial charge in [0.25, 0.3) is 5.91 Å². The van der Waals surface area contributed by atoms with Crippen LogP contribution in [0.15, 0.2) is 30.0 Å². The quantitative estimate of drug-likeness (QED) is 0.521. The number of carbonyl (C=O) groups excluding carboxylic acids is 3. The normalized spacial score (nSPS) is 14.9. The van der Waals surface area contributed by atoms with E-state index < -0.39 is 5.97 Å². The third-order valence-electron chi connectivity index (χ3n) is 3.64. The van der Waals surface area contributed by atoms with Crippen molar-refractivity contribution in [3.05, 3.63) is 35.5 Å². The monoisotopic (exact) mass is 330 g/mol. The standard InChI is InChI=1S/C18H22N2O4/c1-13(21)19-17(18(23)20-10-4-3-5-11-20)12-15-6-8-16(9-7-15)24-14(2)22/h6-9,12H,3-5,10-11H2,1-2H3,(H,19,21). The second-order valence-electron chi connectivity index (χ2n) is 5.75. The Hall–Kier alpha value is -2.63. The Morgan fingerprint density at radius 1 is 1.04 bits per heavy atom. The Kier molecular flexibility index (Phi) is 6.12. The highest BCUT2D eigenvalue weighted by atomic mass is 16.5.